The van der Waals surface area contributed by atoms with Crippen LogP contribution in [0.25, 0.3) is 10.8 Å². The predicted molar refractivity (Wildman–Crippen MR) is 116 cm³/mol. The fraction of sp³-hybridized carbons (Fsp3) is 0.280. The number of hydrogen-bond acceptors (Lipinski definition) is 2. The van der Waals surface area contributed by atoms with E-state index in [1.54, 1.807) is 6.92 Å². The number of amides is 3. The average Bonchev–Trinajstić information content (AvgIpc) is 2.91. The first-order chi connectivity index (χ1) is 13.7. The SMILES string of the molecule is CC(C)(C)c1ccc(CN2C(=O)N[C@](C)(c3cccc4ccccc34)C2=O)cc1. The fourth-order valence-corrected chi connectivity index (χ4v) is 3.98. The Morgan fingerprint density at radius 3 is 2.24 bits per heavy atom. The number of carbonyl (C=O) groups excluding carboxylic acids is 2. The van der Waals surface area contributed by atoms with Crippen LogP contribution in [0.4, 0.5) is 4.79 Å². The van der Waals surface area contributed by atoms with Gasteiger partial charge in [-0.1, -0.05) is 87.5 Å². The zero-order valence-corrected chi connectivity index (χ0v) is 17.3. The van der Waals surface area contributed by atoms with Crippen LogP contribution in [0.5, 0.6) is 0 Å². The maximum Gasteiger partial charge on any atom is 0.325 e. The highest BCUT2D eigenvalue weighted by Gasteiger charge is 2.49. The summed E-state index contributed by atoms with van der Waals surface area (Å²) in [5.41, 5.74) is 1.96. The Bertz CT molecular complexity index is 1090. The molecule has 1 heterocycles. The molecule has 148 valence electrons. The van der Waals surface area contributed by atoms with E-state index in [1.807, 2.05) is 54.6 Å². The van der Waals surface area contributed by atoms with Crippen LogP contribution < -0.4 is 5.32 Å². The topological polar surface area (TPSA) is 49.4 Å². The highest BCUT2D eigenvalue weighted by atomic mass is 16.2. The molecule has 4 nitrogen and oxygen atoms in total. The monoisotopic (exact) mass is 386 g/mol. The number of nitrogens with one attached hydrogen (secondary N) is 1. The minimum absolute atomic E-state index is 0.0618. The predicted octanol–water partition coefficient (Wildman–Crippen LogP) is 5.10. The maximum absolute atomic E-state index is 13.4. The van der Waals surface area contributed by atoms with Crippen LogP contribution >= 0.6 is 0 Å². The number of carbonyl (C=O) groups is 2. The molecule has 29 heavy (non-hydrogen) atoms. The van der Waals surface area contributed by atoms with Crippen molar-refractivity contribution in [3.8, 4) is 0 Å². The van der Waals surface area contributed by atoms with Crippen LogP contribution in [0.15, 0.2) is 66.7 Å². The first kappa shape index (κ1) is 19.2. The fourth-order valence-electron chi connectivity index (χ4n) is 3.98. The molecule has 1 atom stereocenters. The standard InChI is InChI=1S/C25H26N2O2/c1-24(2,3)19-14-12-17(13-15-19)16-27-22(28)25(4,26-23(27)29)21-11-7-9-18-8-5-6-10-20(18)21/h5-15H,16H2,1-4H3,(H,26,29)/t25-/m1/s1. The quantitative estimate of drug-likeness (QED) is 0.636. The second-order valence-electron chi connectivity index (χ2n) is 8.92. The smallest absolute Gasteiger partial charge is 0.319 e. The van der Waals surface area contributed by atoms with Crippen LogP contribution in [0.2, 0.25) is 0 Å². The molecule has 0 aromatic heterocycles. The molecule has 4 rings (SSSR count). The Morgan fingerprint density at radius 1 is 0.897 bits per heavy atom. The summed E-state index contributed by atoms with van der Waals surface area (Å²) in [6, 6.07) is 21.5. The third-order valence-corrected chi connectivity index (χ3v) is 5.76. The minimum atomic E-state index is -1.08. The number of benzene rings is 3. The largest absolute Gasteiger partial charge is 0.325 e. The van der Waals surface area contributed by atoms with E-state index < -0.39 is 5.54 Å². The van der Waals surface area contributed by atoms with Crippen LogP contribution in [0.1, 0.15) is 44.4 Å². The van der Waals surface area contributed by atoms with Crippen molar-refractivity contribution in [2.24, 2.45) is 0 Å². The minimum Gasteiger partial charge on any atom is -0.319 e. The lowest BCUT2D eigenvalue weighted by molar-refractivity contribution is -0.131. The Kier molecular flexibility index (Phi) is 4.45. The van der Waals surface area contributed by atoms with E-state index >= 15 is 0 Å². The molecular weight excluding hydrogens is 360 g/mol. The van der Waals surface area contributed by atoms with Crippen molar-refractivity contribution in [1.82, 2.24) is 10.2 Å². The van der Waals surface area contributed by atoms with Crippen molar-refractivity contribution in [3.05, 3.63) is 83.4 Å². The molecule has 4 heteroatoms. The van der Waals surface area contributed by atoms with Crippen molar-refractivity contribution in [2.45, 2.75) is 45.2 Å². The molecular formula is C25H26N2O2. The average molecular weight is 386 g/mol. The van der Waals surface area contributed by atoms with E-state index in [9.17, 15) is 9.59 Å². The Labute approximate surface area is 171 Å². The van der Waals surface area contributed by atoms with E-state index in [2.05, 4.69) is 38.2 Å². The summed E-state index contributed by atoms with van der Waals surface area (Å²) in [7, 11) is 0. The summed E-state index contributed by atoms with van der Waals surface area (Å²) in [5.74, 6) is -0.223. The third kappa shape index (κ3) is 3.29. The summed E-state index contributed by atoms with van der Waals surface area (Å²) < 4.78 is 0. The number of nitrogens with zero attached hydrogens (tertiary/aromatic N) is 1. The van der Waals surface area contributed by atoms with Gasteiger partial charge in [0.2, 0.25) is 0 Å². The molecule has 0 aliphatic carbocycles. The maximum atomic E-state index is 13.4. The van der Waals surface area contributed by atoms with Crippen molar-refractivity contribution < 1.29 is 9.59 Å². The molecule has 1 N–H and O–H groups in total. The summed E-state index contributed by atoms with van der Waals surface area (Å²) in [6.45, 7) is 8.53. The van der Waals surface area contributed by atoms with Crippen LogP contribution in [0, 0.1) is 0 Å². The highest BCUT2D eigenvalue weighted by Crippen LogP contribution is 2.34. The lowest BCUT2D eigenvalue weighted by atomic mass is 9.86. The van der Waals surface area contributed by atoms with E-state index in [1.165, 1.54) is 10.5 Å². The number of fused-ring (bicyclic) bond motifs is 1. The molecule has 1 aliphatic rings. The lowest BCUT2D eigenvalue weighted by Gasteiger charge is -2.24. The van der Waals surface area contributed by atoms with Gasteiger partial charge in [0.25, 0.3) is 5.91 Å². The van der Waals surface area contributed by atoms with E-state index in [0.717, 1.165) is 21.9 Å². The molecule has 1 saturated heterocycles. The molecule has 1 fully saturated rings. The van der Waals surface area contributed by atoms with Crippen LogP contribution in [-0.2, 0) is 22.3 Å². The summed E-state index contributed by atoms with van der Waals surface area (Å²) in [4.78, 5) is 27.4. The van der Waals surface area contributed by atoms with E-state index in [4.69, 9.17) is 0 Å². The molecule has 0 bridgehead atoms. The second kappa shape index (κ2) is 6.73. The number of hydrogen-bond donors (Lipinski definition) is 1. The van der Waals surface area contributed by atoms with Gasteiger partial charge in [-0.3, -0.25) is 9.69 Å². The van der Waals surface area contributed by atoms with Crippen molar-refractivity contribution in [3.63, 3.8) is 0 Å². The van der Waals surface area contributed by atoms with Crippen molar-refractivity contribution >= 4 is 22.7 Å². The van der Waals surface area contributed by atoms with Gasteiger partial charge in [0, 0.05) is 0 Å². The number of urea groups is 1. The summed E-state index contributed by atoms with van der Waals surface area (Å²) in [5, 5.41) is 4.95. The highest BCUT2D eigenvalue weighted by molar-refractivity contribution is 6.09. The first-order valence-corrected chi connectivity index (χ1v) is 9.92. The van der Waals surface area contributed by atoms with Gasteiger partial charge >= 0.3 is 6.03 Å². The normalized spacial score (nSPS) is 19.7. The summed E-state index contributed by atoms with van der Waals surface area (Å²) in [6.07, 6.45) is 0. The number of rotatable bonds is 3. The Morgan fingerprint density at radius 2 is 1.55 bits per heavy atom. The van der Waals surface area contributed by atoms with E-state index in [0.29, 0.717) is 0 Å². The number of imide groups is 1. The van der Waals surface area contributed by atoms with Gasteiger partial charge in [0.15, 0.2) is 0 Å². The van der Waals surface area contributed by atoms with Crippen LogP contribution in [-0.4, -0.2) is 16.8 Å². The van der Waals surface area contributed by atoms with Gasteiger partial charge in [0.05, 0.1) is 6.54 Å². The van der Waals surface area contributed by atoms with E-state index in [-0.39, 0.29) is 23.9 Å². The Hall–Kier alpha value is -3.14. The van der Waals surface area contributed by atoms with Crippen LogP contribution in [0.3, 0.4) is 0 Å². The first-order valence-electron chi connectivity index (χ1n) is 9.92. The molecule has 0 saturated carbocycles. The molecule has 0 unspecified atom stereocenters. The van der Waals surface area contributed by atoms with Gasteiger partial charge in [-0.15, -0.1) is 0 Å². The van der Waals surface area contributed by atoms with Gasteiger partial charge < -0.3 is 5.32 Å². The lowest BCUT2D eigenvalue weighted by Crippen LogP contribution is -2.41. The Balaban J connectivity index is 1.65. The molecule has 3 amide bonds. The molecule has 1 aliphatic heterocycles. The summed E-state index contributed by atoms with van der Waals surface area (Å²) >= 11 is 0. The third-order valence-electron chi connectivity index (χ3n) is 5.76. The van der Waals surface area contributed by atoms with Gasteiger partial charge in [-0.25, -0.2) is 4.79 Å². The molecule has 3 aromatic carbocycles. The van der Waals surface area contributed by atoms with Gasteiger partial charge in [0.1, 0.15) is 5.54 Å². The zero-order chi connectivity index (χ0) is 20.8. The van der Waals surface area contributed by atoms with Gasteiger partial charge in [-0.05, 0) is 39.8 Å². The van der Waals surface area contributed by atoms with Gasteiger partial charge in [-0.2, -0.15) is 0 Å². The van der Waals surface area contributed by atoms with Crippen molar-refractivity contribution in [1.29, 1.82) is 0 Å². The molecule has 3 aromatic rings. The van der Waals surface area contributed by atoms with Crippen molar-refractivity contribution in [2.75, 3.05) is 0 Å². The second-order valence-corrected chi connectivity index (χ2v) is 8.92. The molecule has 0 radical (unpaired) electrons. The zero-order valence-electron chi connectivity index (χ0n) is 17.3. The molecule has 0 spiro atoms.